The number of oxime groups is 2. The van der Waals surface area contributed by atoms with E-state index in [4.69, 9.17) is 9.68 Å². The lowest BCUT2D eigenvalue weighted by molar-refractivity contribution is 0.141. The Balaban J connectivity index is 0.000000230. The zero-order valence-corrected chi connectivity index (χ0v) is 27.2. The summed E-state index contributed by atoms with van der Waals surface area (Å²) in [6.45, 7) is 8.42. The van der Waals surface area contributed by atoms with E-state index in [1.165, 1.54) is 0 Å². The van der Waals surface area contributed by atoms with Crippen LogP contribution in [-0.2, 0) is 16.1 Å². The van der Waals surface area contributed by atoms with Gasteiger partial charge >= 0.3 is 0 Å². The number of nitrogens with zero attached hydrogens (tertiary/aromatic N) is 6. The summed E-state index contributed by atoms with van der Waals surface area (Å²) in [6, 6.07) is 23.1. The zero-order chi connectivity index (χ0) is 30.2. The molecule has 0 unspecified atom stereocenters. The first-order valence-corrected chi connectivity index (χ1v) is 14.8. The molecule has 0 bridgehead atoms. The van der Waals surface area contributed by atoms with Crippen molar-refractivity contribution in [2.45, 2.75) is 40.5 Å². The van der Waals surface area contributed by atoms with Crippen molar-refractivity contribution in [3.63, 3.8) is 0 Å². The molecular weight excluding hydrogens is 660 g/mol. The Bertz CT molecular complexity index is 1580. The SMILES string of the molecule is C/C(=N\OCC#Cc1cccc(Br)n1)c1cccc(C)n1.C/C(=N\OCCCc1cccc(Br)n1)c1cccc(C)n1. The molecule has 0 saturated carbocycles. The number of pyridine rings is 4. The van der Waals surface area contributed by atoms with Crippen LogP contribution < -0.4 is 0 Å². The molecule has 4 rings (SSSR count). The largest absolute Gasteiger partial charge is 0.396 e. The molecule has 4 aromatic rings. The average Bonchev–Trinajstić information content (AvgIpc) is 2.97. The number of hydrogen-bond acceptors (Lipinski definition) is 8. The van der Waals surface area contributed by atoms with Gasteiger partial charge in [0.15, 0.2) is 6.61 Å². The van der Waals surface area contributed by atoms with Crippen molar-refractivity contribution < 1.29 is 9.68 Å². The van der Waals surface area contributed by atoms with Gasteiger partial charge in [0, 0.05) is 17.1 Å². The topological polar surface area (TPSA) is 94.7 Å². The van der Waals surface area contributed by atoms with Gasteiger partial charge in [-0.05, 0) is 127 Å². The molecule has 0 aromatic carbocycles. The molecular formula is C32H32Br2N6O2. The average molecular weight is 692 g/mol. The Hall–Kier alpha value is -3.94. The lowest BCUT2D eigenvalue weighted by Gasteiger charge is -2.03. The van der Waals surface area contributed by atoms with Crippen molar-refractivity contribution in [3.8, 4) is 11.8 Å². The van der Waals surface area contributed by atoms with Crippen LogP contribution in [0.2, 0.25) is 0 Å². The summed E-state index contributed by atoms with van der Waals surface area (Å²) >= 11 is 6.66. The normalized spacial score (nSPS) is 11.1. The summed E-state index contributed by atoms with van der Waals surface area (Å²) in [7, 11) is 0. The molecule has 0 aliphatic heterocycles. The first-order chi connectivity index (χ1) is 20.3. The number of aryl methyl sites for hydroxylation is 3. The fourth-order valence-electron chi connectivity index (χ4n) is 3.40. The molecule has 4 heterocycles. The van der Waals surface area contributed by atoms with E-state index in [0.717, 1.165) is 61.9 Å². The van der Waals surface area contributed by atoms with E-state index < -0.39 is 0 Å². The van der Waals surface area contributed by atoms with E-state index in [1.54, 1.807) is 0 Å². The van der Waals surface area contributed by atoms with Gasteiger partial charge in [0.1, 0.15) is 32.9 Å². The second-order valence-electron chi connectivity index (χ2n) is 8.99. The summed E-state index contributed by atoms with van der Waals surface area (Å²) in [5.41, 5.74) is 6.83. The molecule has 0 radical (unpaired) electrons. The fourth-order valence-corrected chi connectivity index (χ4v) is 4.12. The van der Waals surface area contributed by atoms with Crippen LogP contribution >= 0.6 is 31.9 Å². The maximum atomic E-state index is 5.35. The number of rotatable bonds is 9. The molecule has 10 heteroatoms. The van der Waals surface area contributed by atoms with Crippen LogP contribution in [0.15, 0.2) is 92.3 Å². The van der Waals surface area contributed by atoms with Crippen molar-refractivity contribution in [1.82, 2.24) is 19.9 Å². The molecule has 0 saturated heterocycles. The van der Waals surface area contributed by atoms with Crippen LogP contribution in [0, 0.1) is 25.7 Å². The van der Waals surface area contributed by atoms with Gasteiger partial charge in [-0.2, -0.15) is 0 Å². The third-order valence-corrected chi connectivity index (χ3v) is 6.31. The maximum Gasteiger partial charge on any atom is 0.177 e. The Morgan fingerprint density at radius 2 is 1.29 bits per heavy atom. The van der Waals surface area contributed by atoms with E-state index in [1.807, 2.05) is 100 Å². The summed E-state index contributed by atoms with van der Waals surface area (Å²) in [6.07, 6.45) is 1.75. The van der Waals surface area contributed by atoms with Crippen LogP contribution in [0.1, 0.15) is 54.4 Å². The highest BCUT2D eigenvalue weighted by molar-refractivity contribution is 9.10. The highest BCUT2D eigenvalue weighted by Crippen LogP contribution is 2.08. The molecule has 0 amide bonds. The zero-order valence-electron chi connectivity index (χ0n) is 24.0. The predicted molar refractivity (Wildman–Crippen MR) is 173 cm³/mol. The van der Waals surface area contributed by atoms with Crippen molar-refractivity contribution in [2.75, 3.05) is 13.2 Å². The molecule has 4 aromatic heterocycles. The van der Waals surface area contributed by atoms with Crippen molar-refractivity contribution in [1.29, 1.82) is 0 Å². The molecule has 0 spiro atoms. The summed E-state index contributed by atoms with van der Waals surface area (Å²) in [5, 5.41) is 8.11. The second-order valence-corrected chi connectivity index (χ2v) is 10.6. The molecule has 0 aliphatic carbocycles. The first kappa shape index (κ1) is 32.6. The fraction of sp³-hybridized carbons (Fsp3) is 0.250. The third kappa shape index (κ3) is 12.3. The van der Waals surface area contributed by atoms with Gasteiger partial charge in [-0.15, -0.1) is 0 Å². The minimum atomic E-state index is 0.206. The quantitative estimate of drug-likeness (QED) is 0.0603. The highest BCUT2D eigenvalue weighted by atomic mass is 79.9. The molecule has 0 atom stereocenters. The summed E-state index contributed by atoms with van der Waals surface area (Å²) < 4.78 is 1.62. The minimum absolute atomic E-state index is 0.206. The monoisotopic (exact) mass is 690 g/mol. The van der Waals surface area contributed by atoms with Crippen LogP contribution in [0.3, 0.4) is 0 Å². The van der Waals surface area contributed by atoms with Crippen molar-refractivity contribution >= 4 is 43.3 Å². The minimum Gasteiger partial charge on any atom is -0.396 e. The molecule has 0 N–H and O–H groups in total. The Labute approximate surface area is 264 Å². The molecule has 0 fully saturated rings. The van der Waals surface area contributed by atoms with E-state index in [0.29, 0.717) is 12.3 Å². The van der Waals surface area contributed by atoms with E-state index in [2.05, 4.69) is 73.9 Å². The highest BCUT2D eigenvalue weighted by Gasteiger charge is 2.01. The Morgan fingerprint density at radius 3 is 1.88 bits per heavy atom. The van der Waals surface area contributed by atoms with Crippen LogP contribution in [-0.4, -0.2) is 44.6 Å². The Morgan fingerprint density at radius 1 is 0.714 bits per heavy atom. The molecule has 216 valence electrons. The van der Waals surface area contributed by atoms with Gasteiger partial charge in [0.25, 0.3) is 0 Å². The lowest BCUT2D eigenvalue weighted by Crippen LogP contribution is -2.02. The van der Waals surface area contributed by atoms with Crippen LogP contribution in [0.5, 0.6) is 0 Å². The van der Waals surface area contributed by atoms with Crippen molar-refractivity contribution in [3.05, 3.63) is 116 Å². The standard InChI is InChI=1S/C16H18BrN3O.C16H14BrN3O/c2*1-12-6-3-9-15(18-12)13(2)20-21-11-5-8-14-7-4-10-16(17)19-14/h3-4,6-7,9-10H,5,8,11H2,1-2H3;3-4,6-7,9-10H,11H2,1-2H3/b2*20-13+. The van der Waals surface area contributed by atoms with E-state index in [9.17, 15) is 0 Å². The predicted octanol–water partition coefficient (Wildman–Crippen LogP) is 7.26. The van der Waals surface area contributed by atoms with Gasteiger partial charge in [0.05, 0.1) is 11.4 Å². The maximum absolute atomic E-state index is 5.35. The van der Waals surface area contributed by atoms with Gasteiger partial charge in [-0.25, -0.2) is 9.97 Å². The number of halogens is 2. The summed E-state index contributed by atoms with van der Waals surface area (Å²) in [4.78, 5) is 27.9. The Kier molecular flexibility index (Phi) is 13.8. The smallest absolute Gasteiger partial charge is 0.177 e. The number of hydrogen-bond donors (Lipinski definition) is 0. The van der Waals surface area contributed by atoms with Gasteiger partial charge < -0.3 is 9.68 Å². The molecule has 42 heavy (non-hydrogen) atoms. The third-order valence-electron chi connectivity index (χ3n) is 5.43. The molecule has 8 nitrogen and oxygen atoms in total. The van der Waals surface area contributed by atoms with Gasteiger partial charge in [0.2, 0.25) is 0 Å². The molecule has 0 aliphatic rings. The van der Waals surface area contributed by atoms with E-state index in [-0.39, 0.29) is 6.61 Å². The van der Waals surface area contributed by atoms with Gasteiger partial charge in [-0.3, -0.25) is 9.97 Å². The lowest BCUT2D eigenvalue weighted by atomic mass is 10.2. The number of aromatic nitrogens is 4. The van der Waals surface area contributed by atoms with Crippen LogP contribution in [0.4, 0.5) is 0 Å². The van der Waals surface area contributed by atoms with E-state index >= 15 is 0 Å². The second kappa shape index (κ2) is 17.8. The van der Waals surface area contributed by atoms with Crippen LogP contribution in [0.25, 0.3) is 0 Å². The first-order valence-electron chi connectivity index (χ1n) is 13.2. The van der Waals surface area contributed by atoms with Crippen molar-refractivity contribution in [2.24, 2.45) is 10.3 Å². The van der Waals surface area contributed by atoms with Gasteiger partial charge in [-0.1, -0.05) is 40.5 Å². The summed E-state index contributed by atoms with van der Waals surface area (Å²) in [5.74, 6) is 5.77.